The van der Waals surface area contributed by atoms with Crippen molar-refractivity contribution in [1.29, 1.82) is 0 Å². The Morgan fingerprint density at radius 3 is 2.22 bits per heavy atom. The number of aliphatic hydroxyl groups is 3. The highest BCUT2D eigenvalue weighted by molar-refractivity contribution is 6.39. The number of ketones is 1. The van der Waals surface area contributed by atoms with E-state index in [2.05, 4.69) is 48.9 Å². The number of aromatic nitrogens is 8. The van der Waals surface area contributed by atoms with Crippen LogP contribution in [-0.2, 0) is 95.9 Å². The van der Waals surface area contributed by atoms with Gasteiger partial charge < -0.3 is 98.9 Å². The van der Waals surface area contributed by atoms with E-state index in [1.165, 1.54) is 18.3 Å². The van der Waals surface area contributed by atoms with Gasteiger partial charge in [-0.3, -0.25) is 19.2 Å². The molecule has 3 aliphatic heterocycles. The summed E-state index contributed by atoms with van der Waals surface area (Å²) in [6.07, 6.45) is 17.7. The first-order valence-corrected chi connectivity index (χ1v) is 42.5. The number of methoxy groups -OCH3 is 4. The number of hydrogen-bond donors (Lipinski definition) is 7. The molecular weight excluding hydrogens is 1550 g/mol. The molecule has 5 aromatic rings. The fraction of sp³-hybridized carbons (Fsp3) is 0.674. The molecule has 34 nitrogen and oxygen atoms in total. The van der Waals surface area contributed by atoms with Crippen LogP contribution in [0.25, 0.3) is 33.4 Å². The summed E-state index contributed by atoms with van der Waals surface area (Å²) in [4.78, 5) is 89.1. The van der Waals surface area contributed by atoms with Gasteiger partial charge in [0, 0.05) is 104 Å². The fourth-order valence-corrected chi connectivity index (χ4v) is 16.3. The van der Waals surface area contributed by atoms with Gasteiger partial charge in [0.15, 0.2) is 17.8 Å². The first kappa shape index (κ1) is 95.3. The average molecular weight is 1680 g/mol. The number of aliphatic hydroxyl groups excluding tert-OH is 2. The van der Waals surface area contributed by atoms with E-state index < -0.39 is 78.1 Å². The van der Waals surface area contributed by atoms with Crippen LogP contribution in [0.1, 0.15) is 163 Å². The van der Waals surface area contributed by atoms with Gasteiger partial charge in [0.25, 0.3) is 17.7 Å². The molecule has 3 amide bonds. The van der Waals surface area contributed by atoms with Crippen molar-refractivity contribution in [2.24, 2.45) is 40.7 Å². The molecule has 120 heavy (non-hydrogen) atoms. The highest BCUT2D eigenvalue weighted by atomic mass is 16.6. The SMILES string of the molecule is CO[C@H]1C[C@@H]2CC[C@@H](C)[C@@](O)(O2)C(=O)C(=O)N2CCCC[C@H]2C(=O)O[C@H]([C@H](C)C[C@@H]2CC[C@@H](O)[C@H](OC)C2)C[C@@H](OC)[C@H](C)/C=C(\C)[C@@H](O)[C@@H](OC)/C(=N/OCc2cn(CCOCCOCCOCCOCCNC(=O)CCCC(=O)NCCCCn3nc(-c4ccc5oc(N)nc5c4)c4c(N)ncnc43)nn2)[C@H](C)C[C@H](C)/C=C/C=C/C=C/1C. The van der Waals surface area contributed by atoms with Gasteiger partial charge in [-0.25, -0.2) is 24.1 Å². The fourth-order valence-electron chi connectivity index (χ4n) is 16.3. The number of fused-ring (bicyclic) bond motifs is 5. The molecule has 0 radical (unpaired) electrons. The van der Waals surface area contributed by atoms with Crippen LogP contribution in [0.5, 0.6) is 0 Å². The lowest BCUT2D eigenvalue weighted by Gasteiger charge is -2.43. The van der Waals surface area contributed by atoms with Crippen LogP contribution in [0.2, 0.25) is 0 Å². The lowest BCUT2D eigenvalue weighted by molar-refractivity contribution is -0.265. The molecule has 34 heteroatoms. The molecule has 1 saturated carbocycles. The van der Waals surface area contributed by atoms with Crippen LogP contribution in [0.3, 0.4) is 0 Å². The Kier molecular flexibility index (Phi) is 38.4. The standard InChI is InChI=1S/C86H130N14O20/c1-54-20-13-12-14-21-55(2)69(109-8)49-64-28-25-60(7)86(108,120-64)80(105)83(106)99-33-17-15-22-66(99)84(107)118-71(57(4)46-61-26-29-67(101)72(47-61)111-10)50-70(110-9)56(3)45-59(6)78(104)79(112-11)76(58(5)44-54)96-117-52-63-51-98(97-94-63)35-37-114-39-41-116-43-42-115-40-38-113-36-32-90-74(103)24-19-23-73(102)89-31-16-18-34-100-82-75(81(87)91-53-92-82)77(95-100)62-27-30-68-65(48-62)93-85(88)119-68/h12-14,20-21,27,30,45,48,51,53-54,56-58,60-61,64,66-67,69-72,78-79,101,104,108H,15-19,22-26,28-29,31-44,46-47,49-50,52H2,1-11H3,(H2,88,93)(H,89,102)(H,90,103)(H2,87,91,92)/b14-12+,20-13+,55-21+,59-45+,96-76+/t54-,56-,57-,58-,60-,61+,64+,66+,67-,69+,70-,71+,72-,78-,79+,86-/m1/s1. The third-order valence-corrected chi connectivity index (χ3v) is 23.2. The van der Waals surface area contributed by atoms with Gasteiger partial charge in [-0.05, 0) is 144 Å². The molecule has 16 atom stereocenters. The number of carbonyl (C=O) groups is 5. The van der Waals surface area contributed by atoms with E-state index in [0.29, 0.717) is 207 Å². The number of oxazole rings is 1. The first-order chi connectivity index (χ1) is 57.8. The van der Waals surface area contributed by atoms with Crippen LogP contribution in [-0.4, -0.2) is 257 Å². The summed E-state index contributed by atoms with van der Waals surface area (Å²) in [6.45, 7) is 18.1. The number of Topliss-reactive ketones (excluding diaryl/α,β-unsaturated/α-hetero) is 1. The molecule has 1 aliphatic carbocycles. The largest absolute Gasteiger partial charge is 0.460 e. The number of esters is 1. The molecule has 9 N–H and O–H groups in total. The molecule has 2 bridgehead atoms. The van der Waals surface area contributed by atoms with Crippen molar-refractivity contribution in [3.05, 3.63) is 84.0 Å². The Morgan fingerprint density at radius 1 is 0.767 bits per heavy atom. The molecule has 0 spiro atoms. The average Bonchev–Trinajstić information content (AvgIpc) is 1.12. The highest BCUT2D eigenvalue weighted by Gasteiger charge is 2.53. The molecule has 9 rings (SSSR count). The summed E-state index contributed by atoms with van der Waals surface area (Å²) in [7, 11) is 6.31. The number of oxime groups is 1. The summed E-state index contributed by atoms with van der Waals surface area (Å²) >= 11 is 0. The number of aryl methyl sites for hydroxylation is 1. The number of amides is 3. The zero-order valence-corrected chi connectivity index (χ0v) is 71.8. The van der Waals surface area contributed by atoms with E-state index in [9.17, 15) is 39.3 Å². The van der Waals surface area contributed by atoms with E-state index in [-0.39, 0.29) is 92.4 Å². The number of nitrogens with two attached hydrogens (primary N) is 2. The lowest BCUT2D eigenvalue weighted by Crippen LogP contribution is -2.61. The Labute approximate surface area is 703 Å². The van der Waals surface area contributed by atoms with Crippen LogP contribution in [0, 0.1) is 35.5 Å². The van der Waals surface area contributed by atoms with Crippen molar-refractivity contribution in [3.63, 3.8) is 0 Å². The van der Waals surface area contributed by atoms with Gasteiger partial charge in [-0.1, -0.05) is 81.4 Å². The Hall–Kier alpha value is -8.52. The quantitative estimate of drug-likeness (QED) is 0.00659. The smallest absolute Gasteiger partial charge is 0.329 e. The third-order valence-electron chi connectivity index (χ3n) is 23.2. The molecule has 7 heterocycles. The van der Waals surface area contributed by atoms with Crippen LogP contribution >= 0.6 is 0 Å². The van der Waals surface area contributed by atoms with Crippen LogP contribution in [0.15, 0.2) is 87.9 Å². The van der Waals surface area contributed by atoms with Crippen molar-refractivity contribution in [2.45, 2.75) is 238 Å². The van der Waals surface area contributed by atoms with Crippen molar-refractivity contribution in [3.8, 4) is 11.3 Å². The normalized spacial score (nSPS) is 28.2. The topological polar surface area (TPSA) is 440 Å². The zero-order valence-electron chi connectivity index (χ0n) is 71.8. The maximum absolute atomic E-state index is 14.9. The van der Waals surface area contributed by atoms with Crippen LogP contribution in [0.4, 0.5) is 11.8 Å². The van der Waals surface area contributed by atoms with Gasteiger partial charge >= 0.3 is 5.97 Å². The predicted molar refractivity (Wildman–Crippen MR) is 448 cm³/mol. The van der Waals surface area contributed by atoms with Crippen molar-refractivity contribution in [1.82, 2.24) is 55.3 Å². The number of nitrogens with one attached hydrogen (secondary N) is 2. The third kappa shape index (κ3) is 27.7. The van der Waals surface area contributed by atoms with Gasteiger partial charge in [0.05, 0.1) is 107 Å². The maximum atomic E-state index is 14.9. The van der Waals surface area contributed by atoms with E-state index >= 15 is 0 Å². The number of benzene rings is 1. The van der Waals surface area contributed by atoms with Crippen LogP contribution < -0.4 is 22.1 Å². The highest BCUT2D eigenvalue weighted by Crippen LogP contribution is 2.39. The zero-order chi connectivity index (χ0) is 86.3. The molecule has 1 aromatic carbocycles. The Bertz CT molecular complexity index is 4220. The van der Waals surface area contributed by atoms with Crippen molar-refractivity contribution in [2.75, 3.05) is 112 Å². The second kappa shape index (κ2) is 48.4. The molecule has 664 valence electrons. The molecule has 3 fully saturated rings. The number of cyclic esters (lactones) is 1. The number of nitrogen functional groups attached to an aromatic ring is 2. The minimum Gasteiger partial charge on any atom is -0.460 e. The van der Waals surface area contributed by atoms with Gasteiger partial charge in [0.2, 0.25) is 17.6 Å². The molecule has 4 aliphatic rings. The van der Waals surface area contributed by atoms with Gasteiger partial charge in [0.1, 0.15) is 53.4 Å². The van der Waals surface area contributed by atoms with Gasteiger partial charge in [-0.15, -0.1) is 5.10 Å². The van der Waals surface area contributed by atoms with Gasteiger partial charge in [-0.2, -0.15) is 10.1 Å². The van der Waals surface area contributed by atoms with Crippen molar-refractivity contribution < 1.29 is 95.9 Å². The number of allylic oxidation sites excluding steroid dienone is 5. The number of anilines is 2. The monoisotopic (exact) mass is 1680 g/mol. The first-order valence-electron chi connectivity index (χ1n) is 42.5. The minimum absolute atomic E-state index is 0.0163. The van der Waals surface area contributed by atoms with E-state index in [1.807, 2.05) is 77.1 Å². The predicted octanol–water partition coefficient (Wildman–Crippen LogP) is 8.28. The van der Waals surface area contributed by atoms with E-state index in [1.54, 1.807) is 49.9 Å². The number of carbonyl (C=O) groups excluding carboxylic acids is 5. The number of hydrogen-bond acceptors (Lipinski definition) is 29. The molecule has 2 saturated heterocycles. The summed E-state index contributed by atoms with van der Waals surface area (Å²) in [5.41, 5.74) is 17.6. The second-order valence-electron chi connectivity index (χ2n) is 32.3. The number of nitrogens with zero attached hydrogens (tertiary/aromatic N) is 10. The summed E-state index contributed by atoms with van der Waals surface area (Å²) < 4.78 is 68.6. The number of rotatable bonds is 35. The summed E-state index contributed by atoms with van der Waals surface area (Å²) in [5.74, 6) is -6.64. The summed E-state index contributed by atoms with van der Waals surface area (Å²) in [6, 6.07) is 4.42. The number of piperidine rings is 1. The van der Waals surface area contributed by atoms with E-state index in [4.69, 9.17) is 78.3 Å². The second-order valence-corrected chi connectivity index (χ2v) is 32.3. The Balaban J connectivity index is 0.703. The van der Waals surface area contributed by atoms with E-state index in [0.717, 1.165) is 17.6 Å². The molecule has 0 unspecified atom stereocenters. The molecule has 4 aromatic heterocycles. The maximum Gasteiger partial charge on any atom is 0.329 e. The number of ether oxygens (including phenoxy) is 10. The van der Waals surface area contributed by atoms with Crippen molar-refractivity contribution >= 4 is 69.2 Å². The minimum atomic E-state index is -2.44. The lowest BCUT2D eigenvalue weighted by atomic mass is 9.78. The summed E-state index contributed by atoms with van der Waals surface area (Å²) in [5, 5.41) is 59.9. The molecular formula is C86H130N14O20. The Morgan fingerprint density at radius 2 is 1.49 bits per heavy atom. The number of unbranched alkanes of at least 4 members (excludes halogenated alkanes) is 1.